The van der Waals surface area contributed by atoms with Gasteiger partial charge in [0.1, 0.15) is 0 Å². The third-order valence-electron chi connectivity index (χ3n) is 5.56. The van der Waals surface area contributed by atoms with Crippen LogP contribution in [0.1, 0.15) is 122 Å². The van der Waals surface area contributed by atoms with E-state index >= 15 is 0 Å². The van der Waals surface area contributed by atoms with Crippen molar-refractivity contribution in [2.24, 2.45) is 0 Å². The fourth-order valence-electron chi connectivity index (χ4n) is 3.73. The predicted molar refractivity (Wildman–Crippen MR) is 121 cm³/mol. The number of ether oxygens (including phenoxy) is 1. The highest BCUT2D eigenvalue weighted by Crippen LogP contribution is 2.24. The van der Waals surface area contributed by atoms with E-state index in [0.717, 1.165) is 25.7 Å². The van der Waals surface area contributed by atoms with E-state index < -0.39 is 42.3 Å². The fourth-order valence-corrected chi connectivity index (χ4v) is 3.73. The van der Waals surface area contributed by atoms with Crippen molar-refractivity contribution in [1.29, 1.82) is 0 Å². The van der Waals surface area contributed by atoms with Gasteiger partial charge >= 0.3 is 23.9 Å². The Balaban J connectivity index is 3.88. The molecule has 8 heteroatoms. The maximum Gasteiger partial charge on any atom is 0.349 e. The minimum absolute atomic E-state index is 0.0630. The Kier molecular flexibility index (Phi) is 17.2. The summed E-state index contributed by atoms with van der Waals surface area (Å²) in [6.45, 7) is 2.23. The van der Waals surface area contributed by atoms with Crippen LogP contribution in [0.5, 0.6) is 0 Å². The van der Waals surface area contributed by atoms with Crippen LogP contribution in [0.25, 0.3) is 0 Å². The summed E-state index contributed by atoms with van der Waals surface area (Å²) in [5, 5.41) is 27.1. The molecule has 0 aliphatic rings. The Morgan fingerprint density at radius 2 is 0.938 bits per heavy atom. The van der Waals surface area contributed by atoms with Crippen LogP contribution < -0.4 is 0 Å². The van der Waals surface area contributed by atoms with Gasteiger partial charge in [-0.15, -0.1) is 0 Å². The van der Waals surface area contributed by atoms with Crippen molar-refractivity contribution in [3.05, 3.63) is 0 Å². The number of unbranched alkanes of at least 4 members (excludes halogenated alkanes) is 14. The molecule has 0 aromatic carbocycles. The Labute approximate surface area is 191 Å². The molecule has 0 aromatic heterocycles. The van der Waals surface area contributed by atoms with Gasteiger partial charge in [-0.3, -0.25) is 14.4 Å². The normalized spacial score (nSPS) is 11.3. The Hall–Kier alpha value is -2.12. The Morgan fingerprint density at radius 1 is 0.594 bits per heavy atom. The van der Waals surface area contributed by atoms with Gasteiger partial charge in [0.25, 0.3) is 0 Å². The third kappa shape index (κ3) is 15.6. The molecule has 0 saturated carbocycles. The van der Waals surface area contributed by atoms with Gasteiger partial charge in [-0.1, -0.05) is 96.8 Å². The predicted octanol–water partition coefficient (Wildman–Crippen LogP) is 5.56. The molecule has 0 bridgehead atoms. The first kappa shape index (κ1) is 29.9. The van der Waals surface area contributed by atoms with E-state index in [1.54, 1.807) is 0 Å². The van der Waals surface area contributed by atoms with Crippen LogP contribution in [0.2, 0.25) is 0 Å². The van der Waals surface area contributed by atoms with Gasteiger partial charge < -0.3 is 20.1 Å². The van der Waals surface area contributed by atoms with Gasteiger partial charge in [-0.2, -0.15) is 0 Å². The highest BCUT2D eigenvalue weighted by atomic mass is 16.6. The number of rotatable bonds is 22. The van der Waals surface area contributed by atoms with Crippen LogP contribution in [0, 0.1) is 0 Å². The highest BCUT2D eigenvalue weighted by Gasteiger charge is 2.47. The molecule has 0 spiro atoms. The van der Waals surface area contributed by atoms with Gasteiger partial charge in [-0.25, -0.2) is 4.79 Å². The molecule has 0 amide bonds. The van der Waals surface area contributed by atoms with Crippen molar-refractivity contribution in [1.82, 2.24) is 0 Å². The van der Waals surface area contributed by atoms with E-state index in [-0.39, 0.29) is 6.42 Å². The van der Waals surface area contributed by atoms with Crippen LogP contribution in [-0.2, 0) is 23.9 Å². The number of aliphatic carboxylic acids is 3. The Morgan fingerprint density at radius 3 is 1.25 bits per heavy atom. The van der Waals surface area contributed by atoms with Crippen molar-refractivity contribution in [2.45, 2.75) is 128 Å². The van der Waals surface area contributed by atoms with Gasteiger partial charge in [0, 0.05) is 6.42 Å². The minimum Gasteiger partial charge on any atom is -0.481 e. The zero-order chi connectivity index (χ0) is 24.2. The van der Waals surface area contributed by atoms with E-state index in [1.807, 2.05) is 0 Å². The first-order valence-corrected chi connectivity index (χ1v) is 12.1. The van der Waals surface area contributed by atoms with Gasteiger partial charge in [-0.05, 0) is 6.42 Å². The van der Waals surface area contributed by atoms with Crippen LogP contribution in [0.3, 0.4) is 0 Å². The number of esters is 1. The lowest BCUT2D eigenvalue weighted by Crippen LogP contribution is -2.47. The molecule has 0 atom stereocenters. The first-order chi connectivity index (χ1) is 15.2. The summed E-state index contributed by atoms with van der Waals surface area (Å²) < 4.78 is 4.84. The zero-order valence-corrected chi connectivity index (χ0v) is 19.6. The molecule has 3 N–H and O–H groups in total. The minimum atomic E-state index is -2.58. The number of hydrogen-bond acceptors (Lipinski definition) is 5. The van der Waals surface area contributed by atoms with E-state index in [2.05, 4.69) is 6.92 Å². The molecule has 0 saturated heterocycles. The van der Waals surface area contributed by atoms with Crippen molar-refractivity contribution >= 4 is 23.9 Å². The fraction of sp³-hybridized carbons (Fsp3) is 0.833. The Bertz CT molecular complexity index is 542. The maximum atomic E-state index is 12.0. The van der Waals surface area contributed by atoms with E-state index in [9.17, 15) is 24.3 Å². The largest absolute Gasteiger partial charge is 0.481 e. The number of hydrogen-bond donors (Lipinski definition) is 3. The van der Waals surface area contributed by atoms with Gasteiger partial charge in [0.2, 0.25) is 5.60 Å². The number of carboxylic acids is 3. The second-order valence-electron chi connectivity index (χ2n) is 8.61. The summed E-state index contributed by atoms with van der Waals surface area (Å²) in [6, 6.07) is 0. The summed E-state index contributed by atoms with van der Waals surface area (Å²) >= 11 is 0. The molecule has 0 radical (unpaired) electrons. The van der Waals surface area contributed by atoms with Crippen molar-refractivity contribution in [3.8, 4) is 0 Å². The van der Waals surface area contributed by atoms with E-state index in [0.29, 0.717) is 6.42 Å². The molecule has 8 nitrogen and oxygen atoms in total. The summed E-state index contributed by atoms with van der Waals surface area (Å²) in [5.41, 5.74) is -2.58. The molecule has 186 valence electrons. The molecule has 0 aliphatic heterocycles. The first-order valence-electron chi connectivity index (χ1n) is 12.1. The molecule has 0 heterocycles. The van der Waals surface area contributed by atoms with Crippen LogP contribution in [0.15, 0.2) is 0 Å². The van der Waals surface area contributed by atoms with Crippen LogP contribution in [-0.4, -0.2) is 44.8 Å². The summed E-state index contributed by atoms with van der Waals surface area (Å²) in [5.74, 6) is -5.75. The van der Waals surface area contributed by atoms with Gasteiger partial charge in [0.05, 0.1) is 12.8 Å². The quantitative estimate of drug-likeness (QED) is 0.141. The lowest BCUT2D eigenvalue weighted by molar-refractivity contribution is -0.186. The second-order valence-corrected chi connectivity index (χ2v) is 8.61. The summed E-state index contributed by atoms with van der Waals surface area (Å²) in [7, 11) is 0. The lowest BCUT2D eigenvalue weighted by Gasteiger charge is -2.26. The number of carbonyl (C=O) groups is 4. The average molecular weight is 459 g/mol. The smallest absolute Gasteiger partial charge is 0.349 e. The van der Waals surface area contributed by atoms with Crippen molar-refractivity contribution < 1.29 is 39.2 Å². The molecule has 0 rings (SSSR count). The summed E-state index contributed by atoms with van der Waals surface area (Å²) in [4.78, 5) is 45.3. The van der Waals surface area contributed by atoms with Gasteiger partial charge in [0.15, 0.2) is 0 Å². The topological polar surface area (TPSA) is 138 Å². The lowest BCUT2D eigenvalue weighted by atomic mass is 9.95. The molecule has 0 unspecified atom stereocenters. The number of carbonyl (C=O) groups excluding carboxylic acids is 1. The molecular weight excluding hydrogens is 416 g/mol. The van der Waals surface area contributed by atoms with Crippen molar-refractivity contribution in [3.63, 3.8) is 0 Å². The highest BCUT2D eigenvalue weighted by molar-refractivity contribution is 5.90. The molecule has 0 fully saturated rings. The molecule has 0 aliphatic carbocycles. The number of carboxylic acid groups (broad SMARTS) is 3. The van der Waals surface area contributed by atoms with E-state index in [4.69, 9.17) is 14.9 Å². The van der Waals surface area contributed by atoms with Crippen molar-refractivity contribution in [2.75, 3.05) is 0 Å². The van der Waals surface area contributed by atoms with Crippen LogP contribution >= 0.6 is 0 Å². The average Bonchev–Trinajstić information content (AvgIpc) is 2.69. The zero-order valence-electron chi connectivity index (χ0n) is 19.6. The maximum absolute atomic E-state index is 12.0. The van der Waals surface area contributed by atoms with Crippen LogP contribution in [0.4, 0.5) is 0 Å². The van der Waals surface area contributed by atoms with E-state index in [1.165, 1.54) is 64.2 Å². The molecule has 0 aromatic rings. The third-order valence-corrected chi connectivity index (χ3v) is 5.56. The molecular formula is C24H42O8. The summed E-state index contributed by atoms with van der Waals surface area (Å²) in [6.07, 6.45) is 15.3. The monoisotopic (exact) mass is 458 g/mol. The standard InChI is InChI=1S/C24H42O8/c1-2-3-4-5-6-7-8-9-10-11-12-13-14-15-16-17-22(29)32-24(23(30)31,18-20(25)26)19-21(27)28/h2-19H2,1H3,(H,25,26)(H,27,28)(H,30,31). The molecule has 32 heavy (non-hydrogen) atoms. The second kappa shape index (κ2) is 18.5. The SMILES string of the molecule is CCCCCCCCCCCCCCCCCC(=O)OC(CC(=O)O)(CC(=O)O)C(=O)O.